The van der Waals surface area contributed by atoms with Crippen LogP contribution in [0.25, 0.3) is 0 Å². The van der Waals surface area contributed by atoms with E-state index in [2.05, 4.69) is 20.6 Å². The number of nitrogens with zero attached hydrogens (tertiary/aromatic N) is 3. The Hall–Kier alpha value is -1.50. The number of rotatable bonds is 5. The smallest absolute Gasteiger partial charge is 0.336 e. The van der Waals surface area contributed by atoms with E-state index in [-0.39, 0.29) is 11.9 Å². The van der Waals surface area contributed by atoms with Crippen LogP contribution in [0.5, 0.6) is 0 Å². The number of carbonyl (C=O) groups excluding carboxylic acids is 1. The van der Waals surface area contributed by atoms with Gasteiger partial charge in [0.25, 0.3) is 0 Å². The molecule has 1 N–H and O–H groups in total. The van der Waals surface area contributed by atoms with E-state index in [0.717, 1.165) is 25.7 Å². The summed E-state index contributed by atoms with van der Waals surface area (Å²) in [5.74, 6) is 0.138. The van der Waals surface area contributed by atoms with Gasteiger partial charge < -0.3 is 9.47 Å². The van der Waals surface area contributed by atoms with Gasteiger partial charge in [-0.15, -0.1) is 5.10 Å². The third kappa shape index (κ3) is 3.04. The molecule has 0 aromatic carbocycles. The van der Waals surface area contributed by atoms with Crippen molar-refractivity contribution in [1.82, 2.24) is 20.6 Å². The summed E-state index contributed by atoms with van der Waals surface area (Å²) in [5, 5.41) is 13.6. The molecule has 7 nitrogen and oxygen atoms in total. The monoisotopic (exact) mass is 254 g/mol. The Morgan fingerprint density at radius 2 is 2.50 bits per heavy atom. The second kappa shape index (κ2) is 6.44. The van der Waals surface area contributed by atoms with E-state index in [1.54, 1.807) is 0 Å². The number of esters is 1. The lowest BCUT2D eigenvalue weighted by Crippen LogP contribution is -2.37. The lowest BCUT2D eigenvalue weighted by atomic mass is 9.93. The fraction of sp³-hybridized carbons (Fsp3) is 0.818. The van der Waals surface area contributed by atoms with Crippen molar-refractivity contribution in [1.29, 1.82) is 0 Å². The molecule has 1 fully saturated rings. The number of H-pyrrole nitrogens is 1. The van der Waals surface area contributed by atoms with Crippen molar-refractivity contribution in [2.75, 3.05) is 13.2 Å². The molecular formula is C11H18N4O3. The summed E-state index contributed by atoms with van der Waals surface area (Å²) in [6.45, 7) is 3.07. The third-order valence-electron chi connectivity index (χ3n) is 3.01. The van der Waals surface area contributed by atoms with Crippen LogP contribution in [0.3, 0.4) is 0 Å². The van der Waals surface area contributed by atoms with E-state index in [9.17, 15) is 4.79 Å². The number of hydrogen-bond donors (Lipinski definition) is 1. The number of nitrogens with one attached hydrogen (secondary N) is 1. The lowest BCUT2D eigenvalue weighted by Gasteiger charge is -2.28. The average Bonchev–Trinajstić information content (AvgIpc) is 2.93. The summed E-state index contributed by atoms with van der Waals surface area (Å²) in [6.07, 6.45) is 2.99. The van der Waals surface area contributed by atoms with E-state index < -0.39 is 6.10 Å². The van der Waals surface area contributed by atoms with E-state index in [1.165, 1.54) is 0 Å². The van der Waals surface area contributed by atoms with Gasteiger partial charge in [0, 0.05) is 6.61 Å². The first-order valence-electron chi connectivity index (χ1n) is 6.34. The first kappa shape index (κ1) is 12.9. The van der Waals surface area contributed by atoms with Crippen LogP contribution in [-0.2, 0) is 14.3 Å². The van der Waals surface area contributed by atoms with Gasteiger partial charge in [-0.1, -0.05) is 13.3 Å². The van der Waals surface area contributed by atoms with Gasteiger partial charge in [-0.2, -0.15) is 0 Å². The second-order valence-corrected chi connectivity index (χ2v) is 4.35. The average molecular weight is 254 g/mol. The maximum absolute atomic E-state index is 11.9. The molecule has 18 heavy (non-hydrogen) atoms. The molecular weight excluding hydrogens is 236 g/mol. The van der Waals surface area contributed by atoms with Gasteiger partial charge in [-0.05, 0) is 29.7 Å². The van der Waals surface area contributed by atoms with E-state index in [4.69, 9.17) is 9.47 Å². The SMILES string of the molecule is CCCCOC(=O)C1OCCCC1c1nnn[nH]1. The first-order valence-corrected chi connectivity index (χ1v) is 6.34. The third-order valence-corrected chi connectivity index (χ3v) is 3.01. The maximum atomic E-state index is 11.9. The molecule has 2 heterocycles. The summed E-state index contributed by atoms with van der Waals surface area (Å²) in [4.78, 5) is 11.9. The first-order chi connectivity index (χ1) is 8.83. The van der Waals surface area contributed by atoms with E-state index in [1.807, 2.05) is 6.92 Å². The van der Waals surface area contributed by atoms with Crippen molar-refractivity contribution in [3.8, 4) is 0 Å². The van der Waals surface area contributed by atoms with Gasteiger partial charge >= 0.3 is 5.97 Å². The molecule has 0 bridgehead atoms. The summed E-state index contributed by atoms with van der Waals surface area (Å²) < 4.78 is 10.7. The highest BCUT2D eigenvalue weighted by molar-refractivity contribution is 5.76. The Morgan fingerprint density at radius 3 is 3.22 bits per heavy atom. The number of tetrazole rings is 1. The number of aromatic amines is 1. The number of hydrogen-bond acceptors (Lipinski definition) is 6. The van der Waals surface area contributed by atoms with Gasteiger partial charge in [0.1, 0.15) is 0 Å². The van der Waals surface area contributed by atoms with Gasteiger partial charge in [-0.3, -0.25) is 0 Å². The lowest BCUT2D eigenvalue weighted by molar-refractivity contribution is -0.162. The molecule has 0 aliphatic carbocycles. The summed E-state index contributed by atoms with van der Waals surface area (Å²) in [6, 6.07) is 0. The molecule has 7 heteroatoms. The highest BCUT2D eigenvalue weighted by Gasteiger charge is 2.36. The van der Waals surface area contributed by atoms with Gasteiger partial charge in [0.2, 0.25) is 0 Å². The Balaban J connectivity index is 1.97. The largest absolute Gasteiger partial charge is 0.464 e. The molecule has 1 aliphatic rings. The van der Waals surface area contributed by atoms with Crippen LogP contribution in [0, 0.1) is 0 Å². The minimum atomic E-state index is -0.592. The number of aromatic nitrogens is 4. The molecule has 1 aromatic rings. The van der Waals surface area contributed by atoms with Crippen molar-refractivity contribution in [2.24, 2.45) is 0 Å². The van der Waals surface area contributed by atoms with Crippen LogP contribution in [0.1, 0.15) is 44.3 Å². The fourth-order valence-corrected chi connectivity index (χ4v) is 2.02. The van der Waals surface area contributed by atoms with Gasteiger partial charge in [-0.25, -0.2) is 9.89 Å². The number of unbranched alkanes of at least 4 members (excludes halogenated alkanes) is 1. The van der Waals surface area contributed by atoms with E-state index in [0.29, 0.717) is 19.0 Å². The molecule has 2 unspecified atom stereocenters. The predicted molar refractivity (Wildman–Crippen MR) is 61.8 cm³/mol. The number of carbonyl (C=O) groups is 1. The topological polar surface area (TPSA) is 90.0 Å². The van der Waals surface area contributed by atoms with Crippen molar-refractivity contribution in [3.05, 3.63) is 5.82 Å². The normalized spacial score (nSPS) is 23.8. The molecule has 0 amide bonds. The molecule has 0 radical (unpaired) electrons. The summed E-state index contributed by atoms with van der Waals surface area (Å²) in [5.41, 5.74) is 0. The molecule has 1 saturated heterocycles. The second-order valence-electron chi connectivity index (χ2n) is 4.35. The Labute approximate surface area is 105 Å². The zero-order chi connectivity index (χ0) is 12.8. The Morgan fingerprint density at radius 1 is 1.61 bits per heavy atom. The van der Waals surface area contributed by atoms with Crippen LogP contribution in [-0.4, -0.2) is 45.9 Å². The Kier molecular flexibility index (Phi) is 4.63. The zero-order valence-electron chi connectivity index (χ0n) is 10.5. The van der Waals surface area contributed by atoms with Crippen molar-refractivity contribution in [2.45, 2.75) is 44.6 Å². The van der Waals surface area contributed by atoms with Crippen LogP contribution >= 0.6 is 0 Å². The highest BCUT2D eigenvalue weighted by Crippen LogP contribution is 2.28. The summed E-state index contributed by atoms with van der Waals surface area (Å²) >= 11 is 0. The molecule has 0 spiro atoms. The van der Waals surface area contributed by atoms with Crippen molar-refractivity contribution in [3.63, 3.8) is 0 Å². The van der Waals surface area contributed by atoms with Crippen molar-refractivity contribution >= 4 is 5.97 Å². The summed E-state index contributed by atoms with van der Waals surface area (Å²) in [7, 11) is 0. The van der Waals surface area contributed by atoms with Crippen LogP contribution in [0.4, 0.5) is 0 Å². The molecule has 100 valence electrons. The van der Waals surface area contributed by atoms with Gasteiger partial charge in [0.05, 0.1) is 12.5 Å². The molecule has 2 rings (SSSR count). The predicted octanol–water partition coefficient (Wildman–Crippen LogP) is 0.806. The minimum Gasteiger partial charge on any atom is -0.464 e. The van der Waals surface area contributed by atoms with Crippen LogP contribution < -0.4 is 0 Å². The fourth-order valence-electron chi connectivity index (χ4n) is 2.02. The molecule has 1 aromatic heterocycles. The van der Waals surface area contributed by atoms with Crippen molar-refractivity contribution < 1.29 is 14.3 Å². The maximum Gasteiger partial charge on any atom is 0.336 e. The zero-order valence-corrected chi connectivity index (χ0v) is 10.5. The van der Waals surface area contributed by atoms with E-state index >= 15 is 0 Å². The highest BCUT2D eigenvalue weighted by atomic mass is 16.6. The number of ether oxygens (including phenoxy) is 2. The quantitative estimate of drug-likeness (QED) is 0.617. The van der Waals surface area contributed by atoms with Gasteiger partial charge in [0.15, 0.2) is 11.9 Å². The Bertz CT molecular complexity index is 368. The van der Waals surface area contributed by atoms with Crippen LogP contribution in [0.15, 0.2) is 0 Å². The standard InChI is InChI=1S/C11H18N4O3/c1-2-3-6-18-11(16)9-8(5-4-7-17-9)10-12-14-15-13-10/h8-9H,2-7H2,1H3,(H,12,13,14,15). The molecule has 0 saturated carbocycles. The molecule has 1 aliphatic heterocycles. The molecule has 2 atom stereocenters. The van der Waals surface area contributed by atoms with Crippen LogP contribution in [0.2, 0.25) is 0 Å². The minimum absolute atomic E-state index is 0.136.